The lowest BCUT2D eigenvalue weighted by Crippen LogP contribution is -3.16. The fourth-order valence-electron chi connectivity index (χ4n) is 3.19. The molecule has 138 valence electrons. The first-order chi connectivity index (χ1) is 12.0. The number of amides is 2. The second-order valence-corrected chi connectivity index (χ2v) is 7.40. The summed E-state index contributed by atoms with van der Waals surface area (Å²) in [6.45, 7) is 6.24. The predicted molar refractivity (Wildman–Crippen MR) is 100 cm³/mol. The molecule has 1 aliphatic rings. The number of hydrogen-bond acceptors (Lipinski definition) is 2. The fraction of sp³-hybridized carbons (Fsp3) is 0.556. The second-order valence-electron chi connectivity index (χ2n) is 6.49. The van der Waals surface area contributed by atoms with Crippen molar-refractivity contribution in [3.63, 3.8) is 0 Å². The van der Waals surface area contributed by atoms with Gasteiger partial charge in [-0.3, -0.25) is 9.59 Å². The molecule has 0 unspecified atom stereocenters. The first-order valence-corrected chi connectivity index (χ1v) is 9.73. The van der Waals surface area contributed by atoms with E-state index in [-0.39, 0.29) is 11.8 Å². The Kier molecular flexibility index (Phi) is 7.87. The van der Waals surface area contributed by atoms with E-state index < -0.39 is 0 Å². The molecule has 2 amide bonds. The number of rotatable bonds is 7. The van der Waals surface area contributed by atoms with Crippen LogP contribution in [0.2, 0.25) is 0 Å². The number of hydrogen-bond donors (Lipinski definition) is 3. The molecule has 1 saturated heterocycles. The summed E-state index contributed by atoms with van der Waals surface area (Å²) < 4.78 is 1.07. The van der Waals surface area contributed by atoms with Crippen molar-refractivity contribution in [1.29, 1.82) is 0 Å². The van der Waals surface area contributed by atoms with E-state index in [9.17, 15) is 9.59 Å². The van der Waals surface area contributed by atoms with Gasteiger partial charge in [-0.25, -0.2) is 0 Å². The van der Waals surface area contributed by atoms with Gasteiger partial charge < -0.3 is 20.4 Å². The lowest BCUT2D eigenvalue weighted by atomic mass is 10.0. The maximum absolute atomic E-state index is 12.5. The molecule has 0 bridgehead atoms. The van der Waals surface area contributed by atoms with Crippen LogP contribution in [0.4, 0.5) is 0 Å². The third-order valence-corrected chi connectivity index (χ3v) is 5.36. The van der Waals surface area contributed by atoms with E-state index in [1.54, 1.807) is 7.05 Å². The van der Waals surface area contributed by atoms with Crippen LogP contribution >= 0.6 is 15.9 Å². The molecular formula is C18H29BrN4O2+2. The van der Waals surface area contributed by atoms with Crippen LogP contribution in [0.5, 0.6) is 0 Å². The normalized spacial score (nSPS) is 16.5. The van der Waals surface area contributed by atoms with E-state index in [0.717, 1.165) is 37.1 Å². The molecule has 1 aromatic carbocycles. The van der Waals surface area contributed by atoms with Gasteiger partial charge >= 0.3 is 0 Å². The summed E-state index contributed by atoms with van der Waals surface area (Å²) in [4.78, 5) is 27.1. The molecule has 0 aromatic heterocycles. The topological polar surface area (TPSA) is 70.5 Å². The van der Waals surface area contributed by atoms with Crippen LogP contribution in [0.25, 0.3) is 0 Å². The van der Waals surface area contributed by atoms with Crippen molar-refractivity contribution in [2.24, 2.45) is 0 Å². The third kappa shape index (κ3) is 6.09. The third-order valence-electron chi connectivity index (χ3n) is 4.83. The van der Waals surface area contributed by atoms with Gasteiger partial charge in [0.1, 0.15) is 6.04 Å². The summed E-state index contributed by atoms with van der Waals surface area (Å²) >= 11 is 3.46. The van der Waals surface area contributed by atoms with Crippen molar-refractivity contribution in [2.45, 2.75) is 19.4 Å². The molecule has 0 saturated carbocycles. The summed E-state index contributed by atoms with van der Waals surface area (Å²) in [5.74, 6) is 0.248. The Balaban J connectivity index is 1.78. The molecule has 1 heterocycles. The Morgan fingerprint density at radius 2 is 1.92 bits per heavy atom. The molecule has 0 spiro atoms. The maximum Gasteiger partial charge on any atom is 0.278 e. The molecule has 4 N–H and O–H groups in total. The van der Waals surface area contributed by atoms with Gasteiger partial charge in [-0.15, -0.1) is 0 Å². The minimum Gasteiger partial charge on any atom is -0.354 e. The zero-order valence-electron chi connectivity index (χ0n) is 15.1. The molecule has 0 aliphatic carbocycles. The van der Waals surface area contributed by atoms with E-state index in [1.807, 2.05) is 17.0 Å². The molecule has 7 heteroatoms. The number of carbonyl (C=O) groups excluding carboxylic acids is 2. The average Bonchev–Trinajstić information content (AvgIpc) is 2.63. The van der Waals surface area contributed by atoms with Crippen molar-refractivity contribution in [3.8, 4) is 0 Å². The number of carbonyl (C=O) groups is 2. The molecule has 0 radical (unpaired) electrons. The van der Waals surface area contributed by atoms with Crippen LogP contribution in [0.3, 0.4) is 0 Å². The van der Waals surface area contributed by atoms with Crippen molar-refractivity contribution >= 4 is 27.7 Å². The van der Waals surface area contributed by atoms with Crippen LogP contribution in [0.1, 0.15) is 24.9 Å². The van der Waals surface area contributed by atoms with Crippen molar-refractivity contribution in [1.82, 2.24) is 10.2 Å². The SMILES string of the molecule is CC[C@@H]([NH2+]CC(=O)N1CC[NH+](CC(=O)NC)CC1)c1ccc(Br)cc1. The van der Waals surface area contributed by atoms with Crippen LogP contribution < -0.4 is 15.5 Å². The van der Waals surface area contributed by atoms with E-state index in [2.05, 4.69) is 45.6 Å². The smallest absolute Gasteiger partial charge is 0.278 e. The van der Waals surface area contributed by atoms with E-state index in [4.69, 9.17) is 0 Å². The van der Waals surface area contributed by atoms with Gasteiger partial charge in [0, 0.05) is 23.5 Å². The van der Waals surface area contributed by atoms with Gasteiger partial charge in [0.15, 0.2) is 13.1 Å². The highest BCUT2D eigenvalue weighted by atomic mass is 79.9. The lowest BCUT2D eigenvalue weighted by molar-refractivity contribution is -0.896. The van der Waals surface area contributed by atoms with E-state index >= 15 is 0 Å². The predicted octanol–water partition coefficient (Wildman–Crippen LogP) is -1.06. The average molecular weight is 413 g/mol. The van der Waals surface area contributed by atoms with Crippen LogP contribution in [0.15, 0.2) is 28.7 Å². The summed E-state index contributed by atoms with van der Waals surface area (Å²) in [7, 11) is 1.66. The number of piperazine rings is 1. The number of nitrogens with two attached hydrogens (primary N) is 1. The molecule has 2 rings (SSSR count). The number of nitrogens with one attached hydrogen (secondary N) is 2. The van der Waals surface area contributed by atoms with Gasteiger partial charge in [-0.1, -0.05) is 35.0 Å². The van der Waals surface area contributed by atoms with Gasteiger partial charge in [0.25, 0.3) is 11.8 Å². The Hall–Kier alpha value is -1.44. The summed E-state index contributed by atoms with van der Waals surface area (Å²) in [5, 5.41) is 4.79. The molecule has 1 aliphatic heterocycles. The summed E-state index contributed by atoms with van der Waals surface area (Å²) in [5.41, 5.74) is 1.25. The maximum atomic E-state index is 12.5. The van der Waals surface area contributed by atoms with Crippen molar-refractivity contribution < 1.29 is 19.8 Å². The zero-order chi connectivity index (χ0) is 18.2. The minimum atomic E-state index is 0.0587. The monoisotopic (exact) mass is 412 g/mol. The molecule has 1 atom stereocenters. The molecule has 6 nitrogen and oxygen atoms in total. The van der Waals surface area contributed by atoms with E-state index in [0.29, 0.717) is 19.1 Å². The highest BCUT2D eigenvalue weighted by Gasteiger charge is 2.26. The van der Waals surface area contributed by atoms with Crippen molar-refractivity contribution in [2.75, 3.05) is 46.3 Å². The second kappa shape index (κ2) is 9.89. The fourth-order valence-corrected chi connectivity index (χ4v) is 3.45. The minimum absolute atomic E-state index is 0.0587. The quantitative estimate of drug-likeness (QED) is 0.533. The standard InChI is InChI=1S/C18H27BrN4O2/c1-3-16(14-4-6-15(19)7-5-14)21-12-18(25)23-10-8-22(9-11-23)13-17(24)20-2/h4-7,16,21H,3,8-13H2,1-2H3,(H,20,24)/p+2/t16-/m1/s1. The van der Waals surface area contributed by atoms with E-state index in [1.165, 1.54) is 10.5 Å². The van der Waals surface area contributed by atoms with Gasteiger partial charge in [0.05, 0.1) is 26.2 Å². The Morgan fingerprint density at radius 1 is 1.28 bits per heavy atom. The number of halogens is 1. The van der Waals surface area contributed by atoms with Gasteiger partial charge in [0.2, 0.25) is 0 Å². The lowest BCUT2D eigenvalue weighted by Gasteiger charge is -2.31. The number of benzene rings is 1. The number of likely N-dealkylation sites (N-methyl/N-ethyl adjacent to an activating group) is 1. The highest BCUT2D eigenvalue weighted by Crippen LogP contribution is 2.16. The summed E-state index contributed by atoms with van der Waals surface area (Å²) in [6, 6.07) is 8.61. The molecule has 1 fully saturated rings. The molecular weight excluding hydrogens is 384 g/mol. The Morgan fingerprint density at radius 3 is 2.48 bits per heavy atom. The summed E-state index contributed by atoms with van der Waals surface area (Å²) in [6.07, 6.45) is 0.985. The molecule has 25 heavy (non-hydrogen) atoms. The Labute approximate surface area is 158 Å². The Bertz CT molecular complexity index is 571. The van der Waals surface area contributed by atoms with Crippen LogP contribution in [0, 0.1) is 0 Å². The molecule has 1 aromatic rings. The largest absolute Gasteiger partial charge is 0.354 e. The number of nitrogens with zero attached hydrogens (tertiary/aromatic N) is 1. The highest BCUT2D eigenvalue weighted by molar-refractivity contribution is 9.10. The zero-order valence-corrected chi connectivity index (χ0v) is 16.6. The van der Waals surface area contributed by atoms with Gasteiger partial charge in [-0.05, 0) is 12.1 Å². The van der Waals surface area contributed by atoms with Gasteiger partial charge in [-0.2, -0.15) is 0 Å². The van der Waals surface area contributed by atoms with Crippen molar-refractivity contribution in [3.05, 3.63) is 34.3 Å². The van der Waals surface area contributed by atoms with Crippen LogP contribution in [-0.2, 0) is 9.59 Å². The van der Waals surface area contributed by atoms with Crippen LogP contribution in [-0.4, -0.2) is 63.0 Å². The first-order valence-electron chi connectivity index (χ1n) is 8.94. The first kappa shape index (κ1) is 19.9. The number of quaternary nitrogens is 2.